The summed E-state index contributed by atoms with van der Waals surface area (Å²) in [5.74, 6) is -2.26. The second-order valence-corrected chi connectivity index (χ2v) is 4.56. The van der Waals surface area contributed by atoms with Crippen molar-refractivity contribution in [2.24, 2.45) is 0 Å². The van der Waals surface area contributed by atoms with Crippen LogP contribution in [0.3, 0.4) is 0 Å². The number of halogens is 3. The third kappa shape index (κ3) is 3.45. The predicted octanol–water partition coefficient (Wildman–Crippen LogP) is 3.86. The Bertz CT molecular complexity index is 611. The Morgan fingerprint density at radius 3 is 2.30 bits per heavy atom. The SMILES string of the molecule is O=C(O)C(Nc1ccc(F)cc1)c1cc(F)cc(Cl)c1. The van der Waals surface area contributed by atoms with Gasteiger partial charge in [-0.1, -0.05) is 11.6 Å². The van der Waals surface area contributed by atoms with Crippen LogP contribution in [0.5, 0.6) is 0 Å². The predicted molar refractivity (Wildman–Crippen MR) is 71.8 cm³/mol. The van der Waals surface area contributed by atoms with E-state index in [4.69, 9.17) is 11.6 Å². The van der Waals surface area contributed by atoms with Gasteiger partial charge in [0, 0.05) is 10.7 Å². The van der Waals surface area contributed by atoms with Crippen molar-refractivity contribution >= 4 is 23.3 Å². The highest BCUT2D eigenvalue weighted by atomic mass is 35.5. The zero-order valence-corrected chi connectivity index (χ0v) is 10.9. The highest BCUT2D eigenvalue weighted by Gasteiger charge is 2.20. The third-order valence-corrected chi connectivity index (χ3v) is 2.84. The van der Waals surface area contributed by atoms with Crippen LogP contribution in [0.15, 0.2) is 42.5 Å². The molecule has 0 radical (unpaired) electrons. The number of nitrogens with one attached hydrogen (secondary N) is 1. The molecule has 1 unspecified atom stereocenters. The third-order valence-electron chi connectivity index (χ3n) is 2.62. The van der Waals surface area contributed by atoms with Crippen LogP contribution >= 0.6 is 11.6 Å². The maximum Gasteiger partial charge on any atom is 0.330 e. The van der Waals surface area contributed by atoms with Crippen LogP contribution in [0.2, 0.25) is 5.02 Å². The molecule has 0 saturated heterocycles. The lowest BCUT2D eigenvalue weighted by atomic mass is 10.1. The molecule has 0 amide bonds. The standard InChI is InChI=1S/C14H10ClF2NO2/c15-9-5-8(6-11(17)7-9)13(14(19)20)18-12-3-1-10(16)2-4-12/h1-7,13,18H,(H,19,20). The van der Waals surface area contributed by atoms with Crippen molar-refractivity contribution in [3.63, 3.8) is 0 Å². The smallest absolute Gasteiger partial charge is 0.330 e. The molecular formula is C14H10ClF2NO2. The van der Waals surface area contributed by atoms with Gasteiger partial charge in [0.15, 0.2) is 6.04 Å². The Balaban J connectivity index is 2.31. The van der Waals surface area contributed by atoms with Gasteiger partial charge in [0.25, 0.3) is 0 Å². The number of hydrogen-bond donors (Lipinski definition) is 2. The molecule has 0 saturated carbocycles. The lowest BCUT2D eigenvalue weighted by Gasteiger charge is -2.16. The Morgan fingerprint density at radius 2 is 1.75 bits per heavy atom. The number of rotatable bonds is 4. The Labute approximate surface area is 118 Å². The van der Waals surface area contributed by atoms with Crippen LogP contribution in [-0.4, -0.2) is 11.1 Å². The first-order valence-electron chi connectivity index (χ1n) is 5.66. The van der Waals surface area contributed by atoms with Gasteiger partial charge >= 0.3 is 5.97 Å². The summed E-state index contributed by atoms with van der Waals surface area (Å²) in [6, 6.07) is 7.52. The van der Waals surface area contributed by atoms with E-state index in [0.29, 0.717) is 5.69 Å². The van der Waals surface area contributed by atoms with Crippen LogP contribution in [-0.2, 0) is 4.79 Å². The molecule has 0 bridgehead atoms. The fraction of sp³-hybridized carbons (Fsp3) is 0.0714. The molecule has 0 aliphatic heterocycles. The summed E-state index contributed by atoms with van der Waals surface area (Å²) in [4.78, 5) is 11.3. The minimum Gasteiger partial charge on any atom is -0.479 e. The van der Waals surface area contributed by atoms with E-state index in [-0.39, 0.29) is 10.6 Å². The van der Waals surface area contributed by atoms with Crippen LogP contribution in [0, 0.1) is 11.6 Å². The number of carboxylic acids is 1. The van der Waals surface area contributed by atoms with Crippen molar-refractivity contribution in [1.29, 1.82) is 0 Å². The van der Waals surface area contributed by atoms with Crippen LogP contribution in [0.1, 0.15) is 11.6 Å². The average Bonchev–Trinajstić information content (AvgIpc) is 2.36. The molecular weight excluding hydrogens is 288 g/mol. The van der Waals surface area contributed by atoms with Crippen molar-refractivity contribution in [2.75, 3.05) is 5.32 Å². The zero-order valence-electron chi connectivity index (χ0n) is 10.1. The topological polar surface area (TPSA) is 49.3 Å². The van der Waals surface area contributed by atoms with E-state index in [1.165, 1.54) is 30.3 Å². The summed E-state index contributed by atoms with van der Waals surface area (Å²) in [5.41, 5.74) is 0.575. The molecule has 0 heterocycles. The van der Waals surface area contributed by atoms with Crippen molar-refractivity contribution in [2.45, 2.75) is 6.04 Å². The van der Waals surface area contributed by atoms with E-state index in [0.717, 1.165) is 12.1 Å². The molecule has 2 rings (SSSR count). The van der Waals surface area contributed by atoms with E-state index in [1.54, 1.807) is 0 Å². The van der Waals surface area contributed by atoms with Crippen molar-refractivity contribution in [3.8, 4) is 0 Å². The summed E-state index contributed by atoms with van der Waals surface area (Å²) >= 11 is 5.71. The largest absolute Gasteiger partial charge is 0.479 e. The maximum absolute atomic E-state index is 13.3. The molecule has 104 valence electrons. The second kappa shape index (κ2) is 5.88. The molecule has 2 N–H and O–H groups in total. The molecule has 0 aliphatic carbocycles. The van der Waals surface area contributed by atoms with Gasteiger partial charge in [-0.05, 0) is 48.0 Å². The normalized spacial score (nSPS) is 11.9. The van der Waals surface area contributed by atoms with Crippen molar-refractivity contribution in [3.05, 3.63) is 64.7 Å². The number of aliphatic carboxylic acids is 1. The van der Waals surface area contributed by atoms with E-state index in [1.807, 2.05) is 0 Å². The van der Waals surface area contributed by atoms with Gasteiger partial charge in [0.2, 0.25) is 0 Å². The summed E-state index contributed by atoms with van der Waals surface area (Å²) in [6.45, 7) is 0. The van der Waals surface area contributed by atoms with Crippen LogP contribution in [0.25, 0.3) is 0 Å². The first-order chi connectivity index (χ1) is 9.45. The molecule has 2 aromatic rings. The first kappa shape index (κ1) is 14.3. The number of benzene rings is 2. The lowest BCUT2D eigenvalue weighted by molar-refractivity contribution is -0.138. The fourth-order valence-electron chi connectivity index (χ4n) is 1.74. The highest BCUT2D eigenvalue weighted by molar-refractivity contribution is 6.30. The summed E-state index contributed by atoms with van der Waals surface area (Å²) in [6.07, 6.45) is 0. The van der Waals surface area contributed by atoms with Gasteiger partial charge in [0.1, 0.15) is 11.6 Å². The number of carbonyl (C=O) groups is 1. The molecule has 1 atom stereocenters. The van der Waals surface area contributed by atoms with E-state index < -0.39 is 23.6 Å². The number of anilines is 1. The first-order valence-corrected chi connectivity index (χ1v) is 6.04. The molecule has 0 spiro atoms. The van der Waals surface area contributed by atoms with E-state index in [2.05, 4.69) is 5.32 Å². The molecule has 0 aliphatic rings. The summed E-state index contributed by atoms with van der Waals surface area (Å²) in [5, 5.41) is 12.0. The molecule has 6 heteroatoms. The zero-order chi connectivity index (χ0) is 14.7. The van der Waals surface area contributed by atoms with E-state index in [9.17, 15) is 18.7 Å². The van der Waals surface area contributed by atoms with Gasteiger partial charge in [-0.15, -0.1) is 0 Å². The molecule has 3 nitrogen and oxygen atoms in total. The van der Waals surface area contributed by atoms with Crippen molar-refractivity contribution in [1.82, 2.24) is 0 Å². The number of hydrogen-bond acceptors (Lipinski definition) is 2. The average molecular weight is 298 g/mol. The summed E-state index contributed by atoms with van der Waals surface area (Å²) in [7, 11) is 0. The summed E-state index contributed by atoms with van der Waals surface area (Å²) < 4.78 is 26.1. The second-order valence-electron chi connectivity index (χ2n) is 4.13. The van der Waals surface area contributed by atoms with Crippen molar-refractivity contribution < 1.29 is 18.7 Å². The lowest BCUT2D eigenvalue weighted by Crippen LogP contribution is -2.20. The number of carboxylic acid groups (broad SMARTS) is 1. The van der Waals surface area contributed by atoms with Crippen LogP contribution < -0.4 is 5.32 Å². The highest BCUT2D eigenvalue weighted by Crippen LogP contribution is 2.24. The molecule has 0 fully saturated rings. The van der Waals surface area contributed by atoms with E-state index >= 15 is 0 Å². The van der Waals surface area contributed by atoms with Gasteiger partial charge in [-0.2, -0.15) is 0 Å². The molecule has 0 aromatic heterocycles. The Morgan fingerprint density at radius 1 is 1.10 bits per heavy atom. The van der Waals surface area contributed by atoms with Gasteiger partial charge in [-0.3, -0.25) is 0 Å². The van der Waals surface area contributed by atoms with Gasteiger partial charge < -0.3 is 10.4 Å². The Hall–Kier alpha value is -2.14. The monoisotopic (exact) mass is 297 g/mol. The van der Waals surface area contributed by atoms with Crippen LogP contribution in [0.4, 0.5) is 14.5 Å². The fourth-order valence-corrected chi connectivity index (χ4v) is 1.97. The maximum atomic E-state index is 13.3. The molecule has 2 aromatic carbocycles. The minimum absolute atomic E-state index is 0.104. The van der Waals surface area contributed by atoms with Gasteiger partial charge in [0.05, 0.1) is 0 Å². The van der Waals surface area contributed by atoms with Gasteiger partial charge in [-0.25, -0.2) is 13.6 Å². The minimum atomic E-state index is -1.20. The quantitative estimate of drug-likeness (QED) is 0.901. The molecule has 20 heavy (non-hydrogen) atoms. The Kier molecular flexibility index (Phi) is 4.20.